The summed E-state index contributed by atoms with van der Waals surface area (Å²) in [4.78, 5) is 12.4. The topological polar surface area (TPSA) is 55.1 Å². The van der Waals surface area contributed by atoms with Gasteiger partial charge in [0.2, 0.25) is 0 Å². The molecule has 0 radical (unpaired) electrons. The van der Waals surface area contributed by atoms with Crippen LogP contribution in [0.15, 0.2) is 18.2 Å². The Morgan fingerprint density at radius 2 is 1.95 bits per heavy atom. The van der Waals surface area contributed by atoms with Crippen molar-refractivity contribution in [2.75, 3.05) is 6.54 Å². The SMILES string of the molecule is CC1(C)C(NC(=O)c2cc(F)ccc2C#CCN)C1(C)C. The number of benzene rings is 1. The Balaban J connectivity index is 2.26. The number of hydrogen-bond acceptors (Lipinski definition) is 2. The second kappa shape index (κ2) is 5.16. The van der Waals surface area contributed by atoms with Gasteiger partial charge in [-0.05, 0) is 29.0 Å². The number of rotatable bonds is 2. The molecule has 21 heavy (non-hydrogen) atoms. The van der Waals surface area contributed by atoms with Gasteiger partial charge in [0.15, 0.2) is 0 Å². The summed E-state index contributed by atoms with van der Waals surface area (Å²) >= 11 is 0. The van der Waals surface area contributed by atoms with E-state index >= 15 is 0 Å². The Bertz CT molecular complexity index is 624. The largest absolute Gasteiger partial charge is 0.348 e. The Morgan fingerprint density at radius 1 is 1.33 bits per heavy atom. The fraction of sp³-hybridized carbons (Fsp3) is 0.471. The van der Waals surface area contributed by atoms with E-state index in [1.807, 2.05) is 0 Å². The molecule has 1 amide bonds. The summed E-state index contributed by atoms with van der Waals surface area (Å²) in [7, 11) is 0. The maximum absolute atomic E-state index is 13.4. The first-order chi connectivity index (χ1) is 9.71. The molecule has 0 saturated heterocycles. The van der Waals surface area contributed by atoms with E-state index in [2.05, 4.69) is 44.9 Å². The summed E-state index contributed by atoms with van der Waals surface area (Å²) in [5.74, 6) is 4.77. The monoisotopic (exact) mass is 288 g/mol. The van der Waals surface area contributed by atoms with E-state index in [-0.39, 0.29) is 34.9 Å². The first-order valence-electron chi connectivity index (χ1n) is 7.01. The number of nitrogens with one attached hydrogen (secondary N) is 1. The van der Waals surface area contributed by atoms with Crippen molar-refractivity contribution in [2.24, 2.45) is 16.6 Å². The minimum absolute atomic E-state index is 0.0269. The Kier molecular flexibility index (Phi) is 3.81. The Morgan fingerprint density at radius 3 is 2.48 bits per heavy atom. The van der Waals surface area contributed by atoms with Crippen LogP contribution in [0.3, 0.4) is 0 Å². The van der Waals surface area contributed by atoms with E-state index in [0.717, 1.165) is 0 Å². The van der Waals surface area contributed by atoms with E-state index < -0.39 is 5.82 Å². The van der Waals surface area contributed by atoms with Crippen molar-refractivity contribution in [1.82, 2.24) is 5.32 Å². The fourth-order valence-corrected chi connectivity index (χ4v) is 2.73. The van der Waals surface area contributed by atoms with E-state index in [0.29, 0.717) is 5.56 Å². The normalized spacial score (nSPS) is 18.6. The van der Waals surface area contributed by atoms with Crippen LogP contribution in [0, 0.1) is 28.5 Å². The molecule has 1 saturated carbocycles. The van der Waals surface area contributed by atoms with Gasteiger partial charge in [0.1, 0.15) is 5.82 Å². The molecule has 2 rings (SSSR count). The summed E-state index contributed by atoms with van der Waals surface area (Å²) in [6.07, 6.45) is 0. The van der Waals surface area contributed by atoms with Crippen LogP contribution in [0.2, 0.25) is 0 Å². The summed E-state index contributed by atoms with van der Waals surface area (Å²) in [5, 5.41) is 2.99. The predicted octanol–water partition coefficient (Wildman–Crippen LogP) is 2.30. The molecule has 0 aromatic heterocycles. The zero-order valence-corrected chi connectivity index (χ0v) is 12.9. The molecule has 0 unspecified atom stereocenters. The van der Waals surface area contributed by atoms with Gasteiger partial charge in [-0.25, -0.2) is 4.39 Å². The van der Waals surface area contributed by atoms with Gasteiger partial charge in [-0.1, -0.05) is 39.5 Å². The minimum atomic E-state index is -0.451. The van der Waals surface area contributed by atoms with Gasteiger partial charge in [0.05, 0.1) is 12.1 Å². The van der Waals surface area contributed by atoms with Crippen molar-refractivity contribution >= 4 is 5.91 Å². The second-order valence-corrected chi connectivity index (χ2v) is 6.55. The van der Waals surface area contributed by atoms with Gasteiger partial charge < -0.3 is 11.1 Å². The molecule has 0 atom stereocenters. The van der Waals surface area contributed by atoms with Gasteiger partial charge in [0, 0.05) is 11.6 Å². The van der Waals surface area contributed by atoms with Crippen molar-refractivity contribution in [3.8, 4) is 11.8 Å². The molecule has 1 aliphatic carbocycles. The zero-order chi connectivity index (χ0) is 15.8. The van der Waals surface area contributed by atoms with Gasteiger partial charge in [-0.3, -0.25) is 4.79 Å². The van der Waals surface area contributed by atoms with Gasteiger partial charge in [0.25, 0.3) is 5.91 Å². The molecule has 0 spiro atoms. The molecule has 1 aromatic carbocycles. The summed E-state index contributed by atoms with van der Waals surface area (Å²) < 4.78 is 13.4. The van der Waals surface area contributed by atoms with Gasteiger partial charge >= 0.3 is 0 Å². The molecular weight excluding hydrogens is 267 g/mol. The van der Waals surface area contributed by atoms with Crippen LogP contribution >= 0.6 is 0 Å². The standard InChI is InChI=1S/C17H21FN2O/c1-16(2)15(17(16,3)4)20-14(21)13-10-12(18)8-7-11(13)6-5-9-19/h7-8,10,15H,9,19H2,1-4H3,(H,20,21). The molecule has 1 aliphatic rings. The molecule has 3 nitrogen and oxygen atoms in total. The van der Waals surface area contributed by atoms with Crippen molar-refractivity contribution in [3.05, 3.63) is 35.1 Å². The third-order valence-electron chi connectivity index (χ3n) is 4.85. The smallest absolute Gasteiger partial charge is 0.252 e. The highest BCUT2D eigenvalue weighted by Crippen LogP contribution is 2.62. The second-order valence-electron chi connectivity index (χ2n) is 6.55. The molecule has 112 valence electrons. The number of carbonyl (C=O) groups excluding carboxylic acids is 1. The Hall–Kier alpha value is -1.86. The van der Waals surface area contributed by atoms with Crippen LogP contribution in [-0.2, 0) is 0 Å². The molecule has 1 fully saturated rings. The number of halogens is 1. The minimum Gasteiger partial charge on any atom is -0.348 e. The number of nitrogens with two attached hydrogens (primary N) is 1. The zero-order valence-electron chi connectivity index (χ0n) is 12.9. The molecule has 1 aromatic rings. The van der Waals surface area contributed by atoms with Crippen LogP contribution in [0.5, 0.6) is 0 Å². The molecular formula is C17H21FN2O. The van der Waals surface area contributed by atoms with Crippen molar-refractivity contribution < 1.29 is 9.18 Å². The summed E-state index contributed by atoms with van der Waals surface area (Å²) in [5.41, 5.74) is 6.15. The lowest BCUT2D eigenvalue weighted by molar-refractivity contribution is 0.0943. The first kappa shape index (κ1) is 15.5. The lowest BCUT2D eigenvalue weighted by Crippen LogP contribution is -2.30. The molecule has 4 heteroatoms. The molecule has 0 heterocycles. The predicted molar refractivity (Wildman–Crippen MR) is 81.1 cm³/mol. The third-order valence-corrected chi connectivity index (χ3v) is 4.85. The van der Waals surface area contributed by atoms with Crippen LogP contribution in [-0.4, -0.2) is 18.5 Å². The van der Waals surface area contributed by atoms with Crippen LogP contribution in [0.25, 0.3) is 0 Å². The summed E-state index contributed by atoms with van der Waals surface area (Å²) in [6, 6.07) is 4.09. The molecule has 0 aliphatic heterocycles. The van der Waals surface area contributed by atoms with Crippen molar-refractivity contribution in [1.29, 1.82) is 0 Å². The number of hydrogen-bond donors (Lipinski definition) is 2. The summed E-state index contributed by atoms with van der Waals surface area (Å²) in [6.45, 7) is 8.63. The maximum atomic E-state index is 13.4. The van der Waals surface area contributed by atoms with Crippen LogP contribution in [0.1, 0.15) is 43.6 Å². The highest BCUT2D eigenvalue weighted by Gasteiger charge is 2.65. The first-order valence-corrected chi connectivity index (χ1v) is 7.01. The van der Waals surface area contributed by atoms with E-state index in [9.17, 15) is 9.18 Å². The molecule has 0 bridgehead atoms. The van der Waals surface area contributed by atoms with E-state index in [4.69, 9.17) is 5.73 Å². The quantitative estimate of drug-likeness (QED) is 0.820. The average Bonchev–Trinajstić information content (AvgIpc) is 2.79. The van der Waals surface area contributed by atoms with E-state index in [1.165, 1.54) is 18.2 Å². The number of amides is 1. The highest BCUT2D eigenvalue weighted by molar-refractivity contribution is 5.97. The van der Waals surface area contributed by atoms with Crippen molar-refractivity contribution in [2.45, 2.75) is 33.7 Å². The van der Waals surface area contributed by atoms with Crippen LogP contribution < -0.4 is 11.1 Å². The van der Waals surface area contributed by atoms with Gasteiger partial charge in [-0.2, -0.15) is 0 Å². The lowest BCUT2D eigenvalue weighted by atomic mass is 10.0. The lowest BCUT2D eigenvalue weighted by Gasteiger charge is -2.09. The van der Waals surface area contributed by atoms with Gasteiger partial charge in [-0.15, -0.1) is 0 Å². The third kappa shape index (κ3) is 2.66. The Labute approximate surface area is 125 Å². The van der Waals surface area contributed by atoms with E-state index in [1.54, 1.807) is 0 Å². The number of carbonyl (C=O) groups is 1. The van der Waals surface area contributed by atoms with Crippen LogP contribution in [0.4, 0.5) is 4.39 Å². The fourth-order valence-electron chi connectivity index (χ4n) is 2.73. The highest BCUT2D eigenvalue weighted by atomic mass is 19.1. The maximum Gasteiger partial charge on any atom is 0.252 e. The van der Waals surface area contributed by atoms with Crippen molar-refractivity contribution in [3.63, 3.8) is 0 Å². The average molecular weight is 288 g/mol. The molecule has 3 N–H and O–H groups in total.